The summed E-state index contributed by atoms with van der Waals surface area (Å²) in [5.74, 6) is 1.37. The van der Waals surface area contributed by atoms with Gasteiger partial charge in [0.15, 0.2) is 11.7 Å². The van der Waals surface area contributed by atoms with E-state index >= 15 is 0 Å². The third-order valence-corrected chi connectivity index (χ3v) is 4.98. The average Bonchev–Trinajstić information content (AvgIpc) is 3.14. The van der Waals surface area contributed by atoms with Gasteiger partial charge in [0.2, 0.25) is 5.95 Å². The Kier molecular flexibility index (Phi) is 7.30. The molecule has 0 atom stereocenters. The first-order chi connectivity index (χ1) is 13.7. The maximum Gasteiger partial charge on any atom is 0.264 e. The maximum absolute atomic E-state index is 12.1. The van der Waals surface area contributed by atoms with Crippen molar-refractivity contribution in [3.05, 3.63) is 29.8 Å². The molecule has 1 fully saturated rings. The maximum atomic E-state index is 12.1. The second kappa shape index (κ2) is 10.1. The van der Waals surface area contributed by atoms with E-state index in [2.05, 4.69) is 38.3 Å². The lowest BCUT2D eigenvalue weighted by atomic mass is 9.84. The number of tetrazole rings is 1. The summed E-state index contributed by atoms with van der Waals surface area (Å²) in [5, 5.41) is 16.8. The second-order valence-corrected chi connectivity index (χ2v) is 7.33. The Morgan fingerprint density at radius 3 is 2.71 bits per heavy atom. The van der Waals surface area contributed by atoms with Gasteiger partial charge in [-0.15, -0.1) is 0 Å². The summed E-state index contributed by atoms with van der Waals surface area (Å²) in [4.78, 5) is 12.1. The molecule has 28 heavy (non-hydrogen) atoms. The predicted octanol–water partition coefficient (Wildman–Crippen LogP) is 3.02. The van der Waals surface area contributed by atoms with E-state index in [-0.39, 0.29) is 17.6 Å². The molecule has 0 spiro atoms. The van der Waals surface area contributed by atoms with Gasteiger partial charge in [-0.2, -0.15) is 0 Å². The summed E-state index contributed by atoms with van der Waals surface area (Å²) in [6, 6.07) is 8.05. The fraction of sp³-hybridized carbons (Fsp3) is 0.526. The van der Waals surface area contributed by atoms with Crippen LogP contribution in [0, 0.1) is 0 Å². The smallest absolute Gasteiger partial charge is 0.264 e. The van der Waals surface area contributed by atoms with Crippen LogP contribution in [-0.2, 0) is 11.3 Å². The van der Waals surface area contributed by atoms with E-state index in [1.165, 1.54) is 37.7 Å². The van der Waals surface area contributed by atoms with Gasteiger partial charge >= 0.3 is 0 Å². The molecule has 3 rings (SSSR count). The number of nitrogens with zero attached hydrogens (tertiary/aromatic N) is 4. The fourth-order valence-corrected chi connectivity index (χ4v) is 3.58. The first-order valence-corrected chi connectivity index (χ1v) is 10.2. The van der Waals surface area contributed by atoms with E-state index in [9.17, 15) is 4.79 Å². The monoisotopic (exact) mass is 402 g/mol. The molecule has 9 heteroatoms. The Labute approximate surface area is 170 Å². The molecular formula is C19H26N6O2S. The number of rotatable bonds is 7. The number of carbonyl (C=O) groups is 1. The van der Waals surface area contributed by atoms with Crippen LogP contribution in [0.5, 0.6) is 5.75 Å². The van der Waals surface area contributed by atoms with Crippen molar-refractivity contribution in [3.63, 3.8) is 0 Å². The number of ether oxygens (including phenoxy) is 1. The van der Waals surface area contributed by atoms with Crippen LogP contribution in [0.25, 0.3) is 0 Å². The molecule has 0 unspecified atom stereocenters. The van der Waals surface area contributed by atoms with Crippen LogP contribution in [0.4, 0.5) is 5.95 Å². The highest BCUT2D eigenvalue weighted by Crippen LogP contribution is 2.33. The highest BCUT2D eigenvalue weighted by Gasteiger charge is 2.15. The van der Waals surface area contributed by atoms with E-state index in [4.69, 9.17) is 17.0 Å². The van der Waals surface area contributed by atoms with Gasteiger partial charge in [-0.25, -0.2) is 4.68 Å². The minimum absolute atomic E-state index is 0.121. The third kappa shape index (κ3) is 5.72. The lowest BCUT2D eigenvalue weighted by Crippen LogP contribution is -2.37. The quantitative estimate of drug-likeness (QED) is 0.688. The van der Waals surface area contributed by atoms with Crippen molar-refractivity contribution in [3.8, 4) is 5.75 Å². The van der Waals surface area contributed by atoms with Crippen LogP contribution in [0.15, 0.2) is 24.3 Å². The summed E-state index contributed by atoms with van der Waals surface area (Å²) in [6.45, 7) is 2.56. The summed E-state index contributed by atoms with van der Waals surface area (Å²) < 4.78 is 7.15. The number of anilines is 1. The first kappa shape index (κ1) is 20.2. The molecular weight excluding hydrogens is 376 g/mol. The Morgan fingerprint density at radius 2 is 2.00 bits per heavy atom. The highest BCUT2D eigenvalue weighted by atomic mass is 32.1. The summed E-state index contributed by atoms with van der Waals surface area (Å²) >= 11 is 5.13. The van der Waals surface area contributed by atoms with Gasteiger partial charge in [0.25, 0.3) is 5.91 Å². The molecule has 0 saturated heterocycles. The zero-order valence-corrected chi connectivity index (χ0v) is 16.9. The van der Waals surface area contributed by atoms with E-state index in [1.807, 2.05) is 19.1 Å². The minimum atomic E-state index is -0.344. The number of hydrogen-bond acceptors (Lipinski definition) is 6. The van der Waals surface area contributed by atoms with Crippen LogP contribution in [0.3, 0.4) is 0 Å². The standard InChI is InChI=1S/C19H26N6O2S/c1-2-12-25-18(22-23-24-25)21-19(28)20-17(26)13-27-16-10-8-15(9-11-16)14-6-4-3-5-7-14/h8-11,14H,2-7,12-13H2,1H3,(H2,20,21,22,24,26,28). The van der Waals surface area contributed by atoms with Gasteiger partial charge in [0.1, 0.15) is 5.75 Å². The zero-order valence-electron chi connectivity index (χ0n) is 16.1. The van der Waals surface area contributed by atoms with E-state index < -0.39 is 0 Å². The van der Waals surface area contributed by atoms with E-state index in [1.54, 1.807) is 4.68 Å². The number of amides is 1. The molecule has 150 valence electrons. The number of thiocarbonyl (C=S) groups is 1. The molecule has 1 aliphatic rings. The molecule has 8 nitrogen and oxygen atoms in total. The molecule has 1 aliphatic carbocycles. The molecule has 1 aromatic carbocycles. The number of aryl methyl sites for hydroxylation is 1. The number of nitrogens with one attached hydrogen (secondary N) is 2. The fourth-order valence-electron chi connectivity index (χ4n) is 3.37. The van der Waals surface area contributed by atoms with Gasteiger partial charge < -0.3 is 4.74 Å². The Bertz CT molecular complexity index is 786. The number of carbonyl (C=O) groups excluding carboxylic acids is 1. The molecule has 2 N–H and O–H groups in total. The van der Waals surface area contributed by atoms with Crippen molar-refractivity contribution in [2.24, 2.45) is 0 Å². The lowest BCUT2D eigenvalue weighted by molar-refractivity contribution is -0.121. The zero-order chi connectivity index (χ0) is 19.8. The molecule has 2 aromatic rings. The highest BCUT2D eigenvalue weighted by molar-refractivity contribution is 7.80. The van der Waals surface area contributed by atoms with Gasteiger partial charge in [-0.1, -0.05) is 43.4 Å². The van der Waals surface area contributed by atoms with Crippen molar-refractivity contribution in [2.45, 2.75) is 57.9 Å². The summed E-state index contributed by atoms with van der Waals surface area (Å²) in [7, 11) is 0. The topological polar surface area (TPSA) is 94.0 Å². The number of aromatic nitrogens is 4. The SMILES string of the molecule is CCCn1nnnc1NC(=S)NC(=O)COc1ccc(C2CCCCC2)cc1. The Balaban J connectivity index is 1.43. The summed E-state index contributed by atoms with van der Waals surface area (Å²) in [6.07, 6.45) is 7.36. The normalized spacial score (nSPS) is 14.5. The van der Waals surface area contributed by atoms with Gasteiger partial charge in [0, 0.05) is 6.54 Å². The number of hydrogen-bond donors (Lipinski definition) is 2. The van der Waals surface area contributed by atoms with Crippen LogP contribution in [0.2, 0.25) is 0 Å². The molecule has 1 amide bonds. The van der Waals surface area contributed by atoms with Crippen LogP contribution in [0.1, 0.15) is 56.9 Å². The summed E-state index contributed by atoms with van der Waals surface area (Å²) in [5.41, 5.74) is 1.35. The molecule has 1 heterocycles. The number of benzene rings is 1. The van der Waals surface area contributed by atoms with Gasteiger partial charge in [0.05, 0.1) is 0 Å². The minimum Gasteiger partial charge on any atom is -0.484 e. The average molecular weight is 403 g/mol. The first-order valence-electron chi connectivity index (χ1n) is 9.75. The molecule has 1 saturated carbocycles. The Hall–Kier alpha value is -2.55. The predicted molar refractivity (Wildman–Crippen MR) is 110 cm³/mol. The molecule has 0 bridgehead atoms. The molecule has 0 radical (unpaired) electrons. The van der Waals surface area contributed by atoms with Crippen molar-refractivity contribution in [1.82, 2.24) is 25.5 Å². The second-order valence-electron chi connectivity index (χ2n) is 6.92. The van der Waals surface area contributed by atoms with Gasteiger partial charge in [-0.05, 0) is 65.5 Å². The van der Waals surface area contributed by atoms with Crippen LogP contribution >= 0.6 is 12.2 Å². The van der Waals surface area contributed by atoms with Crippen molar-refractivity contribution >= 4 is 29.2 Å². The Morgan fingerprint density at radius 1 is 1.25 bits per heavy atom. The third-order valence-electron chi connectivity index (χ3n) is 4.77. The van der Waals surface area contributed by atoms with Gasteiger partial charge in [-0.3, -0.25) is 15.4 Å². The van der Waals surface area contributed by atoms with Crippen molar-refractivity contribution in [1.29, 1.82) is 0 Å². The van der Waals surface area contributed by atoms with Crippen molar-refractivity contribution in [2.75, 3.05) is 11.9 Å². The van der Waals surface area contributed by atoms with Crippen molar-refractivity contribution < 1.29 is 9.53 Å². The van der Waals surface area contributed by atoms with E-state index in [0.29, 0.717) is 24.2 Å². The molecule has 1 aromatic heterocycles. The largest absolute Gasteiger partial charge is 0.484 e. The van der Waals surface area contributed by atoms with E-state index in [0.717, 1.165) is 6.42 Å². The van der Waals surface area contributed by atoms with Crippen LogP contribution < -0.4 is 15.4 Å². The molecule has 0 aliphatic heterocycles. The lowest BCUT2D eigenvalue weighted by Gasteiger charge is -2.22. The van der Waals surface area contributed by atoms with Crippen LogP contribution in [-0.4, -0.2) is 37.8 Å².